The number of esters is 3. The quantitative estimate of drug-likeness (QED) is 0.0262. The van der Waals surface area contributed by atoms with E-state index in [2.05, 4.69) is 32.9 Å². The average molecular weight is 960 g/mol. The smallest absolute Gasteiger partial charge is 0.306 e. The van der Waals surface area contributed by atoms with E-state index in [1.807, 2.05) is 0 Å². The molecule has 402 valence electrons. The first-order valence-electron chi connectivity index (χ1n) is 30.7. The van der Waals surface area contributed by atoms with Gasteiger partial charge in [-0.25, -0.2) is 0 Å². The number of ether oxygens (including phenoxy) is 3. The van der Waals surface area contributed by atoms with Crippen LogP contribution in [0, 0.1) is 0 Å². The van der Waals surface area contributed by atoms with E-state index >= 15 is 0 Å². The molecule has 0 aliphatic rings. The zero-order valence-electron chi connectivity index (χ0n) is 46.2. The summed E-state index contributed by atoms with van der Waals surface area (Å²) in [5.74, 6) is -0.846. The Morgan fingerprint density at radius 2 is 0.485 bits per heavy atom. The monoisotopic (exact) mass is 959 g/mol. The minimum atomic E-state index is -0.768. The zero-order valence-corrected chi connectivity index (χ0v) is 46.2. The van der Waals surface area contributed by atoms with Crippen LogP contribution in [0.5, 0.6) is 0 Å². The molecule has 0 aliphatic heterocycles. The maximum Gasteiger partial charge on any atom is 0.306 e. The first kappa shape index (κ1) is 66.2. The van der Waals surface area contributed by atoms with Crippen LogP contribution in [0.1, 0.15) is 348 Å². The molecule has 0 rings (SSSR count). The molecule has 0 aromatic heterocycles. The van der Waals surface area contributed by atoms with Crippen LogP contribution in [0.4, 0.5) is 0 Å². The molecule has 1 atom stereocenters. The van der Waals surface area contributed by atoms with Crippen molar-refractivity contribution >= 4 is 17.9 Å². The Labute approximate surface area is 424 Å². The summed E-state index contributed by atoms with van der Waals surface area (Å²) in [6, 6.07) is 0. The Kier molecular flexibility index (Phi) is 56.2. The highest BCUT2D eigenvalue weighted by molar-refractivity contribution is 5.71. The SMILES string of the molecule is CCCCCCCCCCC/C=C\CCCCCCCC(=O)OCC(COC(=O)CCCCCCCCCCCCCCCCC)OC(=O)CCCCCCCCCCCCCCCCCCC. The van der Waals surface area contributed by atoms with E-state index in [1.54, 1.807) is 0 Å². The molecule has 6 nitrogen and oxygen atoms in total. The van der Waals surface area contributed by atoms with Gasteiger partial charge in [0.2, 0.25) is 0 Å². The van der Waals surface area contributed by atoms with Gasteiger partial charge >= 0.3 is 17.9 Å². The summed E-state index contributed by atoms with van der Waals surface area (Å²) in [5, 5.41) is 0. The second-order valence-corrected chi connectivity index (χ2v) is 21.0. The Hall–Kier alpha value is -1.85. The highest BCUT2D eigenvalue weighted by Gasteiger charge is 2.19. The molecule has 0 spiro atoms. The number of carbonyl (C=O) groups excluding carboxylic acids is 3. The van der Waals surface area contributed by atoms with E-state index in [-0.39, 0.29) is 31.1 Å². The van der Waals surface area contributed by atoms with Crippen LogP contribution in [0.2, 0.25) is 0 Å². The van der Waals surface area contributed by atoms with Crippen LogP contribution in [0.3, 0.4) is 0 Å². The van der Waals surface area contributed by atoms with Crippen LogP contribution >= 0.6 is 0 Å². The van der Waals surface area contributed by atoms with E-state index in [0.29, 0.717) is 19.3 Å². The predicted molar refractivity (Wildman–Crippen MR) is 293 cm³/mol. The second kappa shape index (κ2) is 57.7. The highest BCUT2D eigenvalue weighted by atomic mass is 16.6. The van der Waals surface area contributed by atoms with Gasteiger partial charge in [-0.2, -0.15) is 0 Å². The topological polar surface area (TPSA) is 78.9 Å². The third kappa shape index (κ3) is 55.1. The third-order valence-electron chi connectivity index (χ3n) is 14.0. The predicted octanol–water partition coefficient (Wildman–Crippen LogP) is 20.5. The third-order valence-corrected chi connectivity index (χ3v) is 14.0. The maximum absolute atomic E-state index is 12.9. The van der Waals surface area contributed by atoms with Crippen LogP contribution in [-0.2, 0) is 28.6 Å². The molecule has 0 saturated heterocycles. The van der Waals surface area contributed by atoms with Gasteiger partial charge in [-0.05, 0) is 44.9 Å². The minimum absolute atomic E-state index is 0.0662. The van der Waals surface area contributed by atoms with Crippen molar-refractivity contribution < 1.29 is 28.6 Å². The van der Waals surface area contributed by atoms with Gasteiger partial charge < -0.3 is 14.2 Å². The van der Waals surface area contributed by atoms with Crippen molar-refractivity contribution in [1.82, 2.24) is 0 Å². The van der Waals surface area contributed by atoms with Gasteiger partial charge in [-0.15, -0.1) is 0 Å². The standard InChI is InChI=1S/C62H118O6/c1-4-7-10-13-16-19-22-25-28-30-32-34-37-40-43-46-49-52-55-61(64)67-58-59(57-66-60(63)54-51-48-45-42-39-36-33-27-24-21-18-15-12-9-6-3)68-62(65)56-53-50-47-44-41-38-35-31-29-26-23-20-17-14-11-8-5-2/h32,34,59H,4-31,33,35-58H2,1-3H3/b34-32-. The first-order chi connectivity index (χ1) is 33.5. The first-order valence-corrected chi connectivity index (χ1v) is 30.7. The minimum Gasteiger partial charge on any atom is -0.462 e. The van der Waals surface area contributed by atoms with Crippen molar-refractivity contribution in [3.63, 3.8) is 0 Å². The van der Waals surface area contributed by atoms with E-state index in [0.717, 1.165) is 64.2 Å². The molecule has 0 fully saturated rings. The van der Waals surface area contributed by atoms with Gasteiger partial charge in [-0.1, -0.05) is 296 Å². The number of hydrogen-bond acceptors (Lipinski definition) is 6. The summed E-state index contributed by atoms with van der Waals surface area (Å²) in [6.07, 6.45) is 66.3. The molecule has 0 aromatic rings. The lowest BCUT2D eigenvalue weighted by Gasteiger charge is -2.18. The van der Waals surface area contributed by atoms with Gasteiger partial charge in [0.1, 0.15) is 13.2 Å². The Bertz CT molecular complexity index is 1060. The van der Waals surface area contributed by atoms with Crippen LogP contribution in [-0.4, -0.2) is 37.2 Å². The molecule has 0 radical (unpaired) electrons. The molecule has 6 heteroatoms. The lowest BCUT2D eigenvalue weighted by atomic mass is 10.0. The molecule has 68 heavy (non-hydrogen) atoms. The van der Waals surface area contributed by atoms with Crippen molar-refractivity contribution in [2.45, 2.75) is 354 Å². The zero-order chi connectivity index (χ0) is 49.3. The van der Waals surface area contributed by atoms with E-state index in [1.165, 1.54) is 244 Å². The highest BCUT2D eigenvalue weighted by Crippen LogP contribution is 2.18. The molecule has 0 aliphatic carbocycles. The van der Waals surface area contributed by atoms with Gasteiger partial charge in [0.15, 0.2) is 6.10 Å². The summed E-state index contributed by atoms with van der Waals surface area (Å²) >= 11 is 0. The molecule has 0 saturated carbocycles. The molecule has 0 heterocycles. The van der Waals surface area contributed by atoms with Crippen molar-refractivity contribution in [2.75, 3.05) is 13.2 Å². The summed E-state index contributed by atoms with van der Waals surface area (Å²) < 4.78 is 16.9. The molecule has 1 unspecified atom stereocenters. The van der Waals surface area contributed by atoms with Gasteiger partial charge in [0, 0.05) is 19.3 Å². The summed E-state index contributed by atoms with van der Waals surface area (Å²) in [5.41, 5.74) is 0. The van der Waals surface area contributed by atoms with Gasteiger partial charge in [-0.3, -0.25) is 14.4 Å². The normalized spacial score (nSPS) is 12.0. The fourth-order valence-corrected chi connectivity index (χ4v) is 9.38. The number of rotatable bonds is 57. The van der Waals surface area contributed by atoms with E-state index in [9.17, 15) is 14.4 Å². The van der Waals surface area contributed by atoms with E-state index in [4.69, 9.17) is 14.2 Å². The molecule has 0 bridgehead atoms. The number of unbranched alkanes of at least 4 members (excludes halogenated alkanes) is 44. The lowest BCUT2D eigenvalue weighted by molar-refractivity contribution is -0.167. The Morgan fingerprint density at radius 1 is 0.279 bits per heavy atom. The molecule has 0 N–H and O–H groups in total. The Balaban J connectivity index is 4.31. The summed E-state index contributed by atoms with van der Waals surface area (Å²) in [7, 11) is 0. The molecular weight excluding hydrogens is 841 g/mol. The van der Waals surface area contributed by atoms with E-state index < -0.39 is 6.10 Å². The fraction of sp³-hybridized carbons (Fsp3) is 0.919. The van der Waals surface area contributed by atoms with Crippen molar-refractivity contribution in [3.8, 4) is 0 Å². The Morgan fingerprint density at radius 3 is 0.735 bits per heavy atom. The number of allylic oxidation sites excluding steroid dienone is 2. The van der Waals surface area contributed by atoms with Gasteiger partial charge in [0.05, 0.1) is 0 Å². The van der Waals surface area contributed by atoms with Crippen LogP contribution < -0.4 is 0 Å². The van der Waals surface area contributed by atoms with Crippen molar-refractivity contribution in [2.24, 2.45) is 0 Å². The summed E-state index contributed by atoms with van der Waals surface area (Å²) in [6.45, 7) is 6.70. The molecule has 0 amide bonds. The van der Waals surface area contributed by atoms with Crippen LogP contribution in [0.15, 0.2) is 12.2 Å². The van der Waals surface area contributed by atoms with Crippen LogP contribution in [0.25, 0.3) is 0 Å². The largest absolute Gasteiger partial charge is 0.462 e. The lowest BCUT2D eigenvalue weighted by Crippen LogP contribution is -2.30. The molecule has 0 aromatic carbocycles. The average Bonchev–Trinajstić information content (AvgIpc) is 3.34. The number of carbonyl (C=O) groups is 3. The van der Waals surface area contributed by atoms with Crippen molar-refractivity contribution in [3.05, 3.63) is 12.2 Å². The van der Waals surface area contributed by atoms with Crippen molar-refractivity contribution in [1.29, 1.82) is 0 Å². The maximum atomic E-state index is 12.9. The van der Waals surface area contributed by atoms with Gasteiger partial charge in [0.25, 0.3) is 0 Å². The second-order valence-electron chi connectivity index (χ2n) is 21.0. The number of hydrogen-bond donors (Lipinski definition) is 0. The fourth-order valence-electron chi connectivity index (χ4n) is 9.38. The molecular formula is C62H118O6. The summed E-state index contributed by atoms with van der Waals surface area (Å²) in [4.78, 5) is 38.2.